The van der Waals surface area contributed by atoms with Gasteiger partial charge in [0.25, 0.3) is 0 Å². The molecule has 1 N–H and O–H groups in total. The van der Waals surface area contributed by atoms with Crippen LogP contribution in [0.3, 0.4) is 0 Å². The summed E-state index contributed by atoms with van der Waals surface area (Å²) in [6.45, 7) is 8.67. The molecular formula is C15H22BrFN2. The summed E-state index contributed by atoms with van der Waals surface area (Å²) >= 11 is 3.26. The van der Waals surface area contributed by atoms with Crippen LogP contribution in [0.2, 0.25) is 0 Å². The van der Waals surface area contributed by atoms with Crippen LogP contribution in [0.1, 0.15) is 25.8 Å². The fraction of sp³-hybridized carbons (Fsp3) is 0.600. The van der Waals surface area contributed by atoms with Crippen LogP contribution in [0, 0.1) is 11.7 Å². The van der Waals surface area contributed by atoms with Crippen LogP contribution >= 0.6 is 15.9 Å². The average molecular weight is 329 g/mol. The molecule has 1 aromatic rings. The second kappa shape index (κ2) is 6.82. The van der Waals surface area contributed by atoms with E-state index in [1.807, 2.05) is 12.1 Å². The fourth-order valence-corrected chi connectivity index (χ4v) is 2.94. The molecule has 106 valence electrons. The van der Waals surface area contributed by atoms with E-state index in [0.717, 1.165) is 31.7 Å². The predicted molar refractivity (Wildman–Crippen MR) is 80.6 cm³/mol. The van der Waals surface area contributed by atoms with Crippen LogP contribution in [-0.2, 0) is 6.54 Å². The molecule has 2 nitrogen and oxygen atoms in total. The Morgan fingerprint density at radius 1 is 1.47 bits per heavy atom. The van der Waals surface area contributed by atoms with Crippen LogP contribution in [0.4, 0.5) is 4.39 Å². The second-order valence-electron chi connectivity index (χ2n) is 5.64. The number of hydrogen-bond donors (Lipinski definition) is 1. The molecular weight excluding hydrogens is 307 g/mol. The van der Waals surface area contributed by atoms with Crippen LogP contribution in [-0.4, -0.2) is 30.6 Å². The zero-order valence-corrected chi connectivity index (χ0v) is 13.2. The van der Waals surface area contributed by atoms with Gasteiger partial charge in [0.05, 0.1) is 4.47 Å². The van der Waals surface area contributed by atoms with Crippen molar-refractivity contribution >= 4 is 15.9 Å². The summed E-state index contributed by atoms with van der Waals surface area (Å²) in [5, 5.41) is 3.61. The first-order valence-corrected chi connectivity index (χ1v) is 7.75. The molecule has 0 bridgehead atoms. The van der Waals surface area contributed by atoms with Gasteiger partial charge >= 0.3 is 0 Å². The number of hydrogen-bond acceptors (Lipinski definition) is 2. The van der Waals surface area contributed by atoms with Crippen LogP contribution in [0.25, 0.3) is 0 Å². The molecule has 2 rings (SSSR count). The van der Waals surface area contributed by atoms with Crippen molar-refractivity contribution in [2.24, 2.45) is 5.92 Å². The van der Waals surface area contributed by atoms with Gasteiger partial charge < -0.3 is 5.32 Å². The topological polar surface area (TPSA) is 15.3 Å². The van der Waals surface area contributed by atoms with E-state index in [9.17, 15) is 4.39 Å². The number of rotatable bonds is 3. The Balaban J connectivity index is 2.02. The van der Waals surface area contributed by atoms with Gasteiger partial charge in [-0.15, -0.1) is 0 Å². The van der Waals surface area contributed by atoms with Crippen molar-refractivity contribution in [3.63, 3.8) is 0 Å². The summed E-state index contributed by atoms with van der Waals surface area (Å²) in [5.74, 6) is 0.446. The van der Waals surface area contributed by atoms with Gasteiger partial charge in [0.15, 0.2) is 0 Å². The minimum Gasteiger partial charge on any atom is -0.312 e. The van der Waals surface area contributed by atoms with Crippen molar-refractivity contribution in [2.75, 3.05) is 19.6 Å². The third kappa shape index (κ3) is 4.26. The molecule has 1 aliphatic rings. The molecule has 1 saturated heterocycles. The largest absolute Gasteiger partial charge is 0.312 e. The molecule has 0 aromatic heterocycles. The Morgan fingerprint density at radius 2 is 2.26 bits per heavy atom. The van der Waals surface area contributed by atoms with E-state index in [1.165, 1.54) is 12.5 Å². The van der Waals surface area contributed by atoms with Crippen LogP contribution in [0.15, 0.2) is 22.7 Å². The van der Waals surface area contributed by atoms with Gasteiger partial charge in [0.2, 0.25) is 0 Å². The van der Waals surface area contributed by atoms with Crippen molar-refractivity contribution in [3.05, 3.63) is 34.1 Å². The monoisotopic (exact) mass is 328 g/mol. The van der Waals surface area contributed by atoms with Gasteiger partial charge in [-0.1, -0.05) is 19.9 Å². The molecule has 0 radical (unpaired) electrons. The average Bonchev–Trinajstić information content (AvgIpc) is 2.59. The Labute approximate surface area is 123 Å². The van der Waals surface area contributed by atoms with Gasteiger partial charge in [-0.05, 0) is 59.1 Å². The first-order chi connectivity index (χ1) is 9.06. The molecule has 1 aliphatic heterocycles. The maximum absolute atomic E-state index is 13.2. The van der Waals surface area contributed by atoms with E-state index < -0.39 is 0 Å². The highest BCUT2D eigenvalue weighted by atomic mass is 79.9. The smallest absolute Gasteiger partial charge is 0.137 e. The second-order valence-corrected chi connectivity index (χ2v) is 6.50. The third-order valence-electron chi connectivity index (χ3n) is 3.71. The number of nitrogens with zero attached hydrogens (tertiary/aromatic N) is 1. The molecule has 0 saturated carbocycles. The highest BCUT2D eigenvalue weighted by molar-refractivity contribution is 9.10. The maximum atomic E-state index is 13.2. The van der Waals surface area contributed by atoms with E-state index in [4.69, 9.17) is 0 Å². The van der Waals surface area contributed by atoms with Gasteiger partial charge in [0, 0.05) is 19.1 Å². The summed E-state index contributed by atoms with van der Waals surface area (Å²) in [4.78, 5) is 2.46. The van der Waals surface area contributed by atoms with Crippen molar-refractivity contribution < 1.29 is 4.39 Å². The summed E-state index contributed by atoms with van der Waals surface area (Å²) in [7, 11) is 0. The van der Waals surface area contributed by atoms with Crippen molar-refractivity contribution in [1.82, 2.24) is 10.2 Å². The molecule has 1 heterocycles. The summed E-state index contributed by atoms with van der Waals surface area (Å²) in [5.41, 5.74) is 1.16. The van der Waals surface area contributed by atoms with E-state index >= 15 is 0 Å². The Morgan fingerprint density at radius 3 is 2.95 bits per heavy atom. The molecule has 19 heavy (non-hydrogen) atoms. The predicted octanol–water partition coefficient (Wildman–Crippen LogP) is 3.41. The van der Waals surface area contributed by atoms with Crippen molar-refractivity contribution in [2.45, 2.75) is 32.9 Å². The van der Waals surface area contributed by atoms with Crippen LogP contribution < -0.4 is 5.32 Å². The normalized spacial score (nSPS) is 21.6. The Kier molecular flexibility index (Phi) is 5.37. The first-order valence-electron chi connectivity index (χ1n) is 6.96. The zero-order chi connectivity index (χ0) is 13.8. The lowest BCUT2D eigenvalue weighted by molar-refractivity contribution is 0.238. The highest BCUT2D eigenvalue weighted by Gasteiger charge is 2.20. The third-order valence-corrected chi connectivity index (χ3v) is 4.32. The molecule has 0 spiro atoms. The Bertz CT molecular complexity index is 423. The number of benzene rings is 1. The van der Waals surface area contributed by atoms with Gasteiger partial charge in [-0.2, -0.15) is 0 Å². The zero-order valence-electron chi connectivity index (χ0n) is 11.6. The standard InChI is InChI=1S/C15H22BrFN2/c1-11(2)15-10-19(7-3-6-18-15)9-12-4-5-14(17)13(16)8-12/h4-5,8,11,15,18H,3,6-7,9-10H2,1-2H3. The summed E-state index contributed by atoms with van der Waals surface area (Å²) < 4.78 is 13.8. The Hall–Kier alpha value is -0.450. The summed E-state index contributed by atoms with van der Waals surface area (Å²) in [6, 6.07) is 5.85. The minimum absolute atomic E-state index is 0.193. The molecule has 1 unspecified atom stereocenters. The lowest BCUT2D eigenvalue weighted by atomic mass is 10.0. The van der Waals surface area contributed by atoms with Crippen molar-refractivity contribution in [1.29, 1.82) is 0 Å². The minimum atomic E-state index is -0.193. The molecule has 1 aromatic carbocycles. The van der Waals surface area contributed by atoms with E-state index in [1.54, 1.807) is 0 Å². The molecule has 1 atom stereocenters. The van der Waals surface area contributed by atoms with Gasteiger partial charge in [-0.25, -0.2) is 4.39 Å². The molecule has 1 fully saturated rings. The van der Waals surface area contributed by atoms with E-state index in [0.29, 0.717) is 16.4 Å². The van der Waals surface area contributed by atoms with Crippen molar-refractivity contribution in [3.8, 4) is 0 Å². The fourth-order valence-electron chi connectivity index (χ4n) is 2.51. The summed E-state index contributed by atoms with van der Waals surface area (Å²) in [6.07, 6.45) is 1.17. The quantitative estimate of drug-likeness (QED) is 0.914. The highest BCUT2D eigenvalue weighted by Crippen LogP contribution is 2.19. The number of halogens is 2. The van der Waals surface area contributed by atoms with E-state index in [-0.39, 0.29) is 5.82 Å². The number of nitrogens with one attached hydrogen (secondary N) is 1. The molecule has 0 amide bonds. The first kappa shape index (κ1) is 14.9. The maximum Gasteiger partial charge on any atom is 0.137 e. The lowest BCUT2D eigenvalue weighted by Crippen LogP contribution is -2.41. The van der Waals surface area contributed by atoms with E-state index in [2.05, 4.69) is 40.0 Å². The van der Waals surface area contributed by atoms with Gasteiger partial charge in [-0.3, -0.25) is 4.90 Å². The molecule has 4 heteroatoms. The van der Waals surface area contributed by atoms with Crippen LogP contribution in [0.5, 0.6) is 0 Å². The lowest BCUT2D eigenvalue weighted by Gasteiger charge is -2.26. The van der Waals surface area contributed by atoms with Gasteiger partial charge in [0.1, 0.15) is 5.82 Å². The SMILES string of the molecule is CC(C)C1CN(Cc2ccc(F)c(Br)c2)CCCN1. The molecule has 0 aliphatic carbocycles.